The van der Waals surface area contributed by atoms with Crippen LogP contribution in [0, 0.1) is 0 Å². The number of halogens is 2. The predicted molar refractivity (Wildman–Crippen MR) is 180 cm³/mol. The van der Waals surface area contributed by atoms with Crippen LogP contribution in [0.3, 0.4) is 0 Å². The second-order valence-electron chi connectivity index (χ2n) is 13.2. The molecule has 248 valence electrons. The minimum atomic E-state index is -2.67. The molecule has 1 amide bonds. The van der Waals surface area contributed by atoms with Gasteiger partial charge in [0.25, 0.3) is 5.56 Å². The maximum absolute atomic E-state index is 14.5. The first-order valence-electron chi connectivity index (χ1n) is 16.5. The largest absolute Gasteiger partial charge is 0.445 e. The van der Waals surface area contributed by atoms with Gasteiger partial charge in [-0.25, -0.2) is 18.6 Å². The third-order valence-electron chi connectivity index (χ3n) is 9.80. The van der Waals surface area contributed by atoms with E-state index in [-0.39, 0.29) is 43.2 Å². The zero-order valence-corrected chi connectivity index (χ0v) is 27.3. The molecular weight excluding hydrogens is 600 g/mol. The maximum Gasteiger partial charge on any atom is 0.410 e. The molecule has 1 N–H and O–H groups in total. The summed E-state index contributed by atoms with van der Waals surface area (Å²) in [6.07, 6.45) is 1.80. The van der Waals surface area contributed by atoms with E-state index in [0.29, 0.717) is 44.8 Å². The summed E-state index contributed by atoms with van der Waals surface area (Å²) in [6, 6.07) is 23.0. The molecule has 2 aliphatic rings. The summed E-state index contributed by atoms with van der Waals surface area (Å²) in [5.41, 5.74) is 3.23. The molecular formula is C37H43F2N5O3. The summed E-state index contributed by atoms with van der Waals surface area (Å²) in [4.78, 5) is 33.9. The van der Waals surface area contributed by atoms with Crippen LogP contribution in [0.1, 0.15) is 75.2 Å². The Morgan fingerprint density at radius 2 is 1.60 bits per heavy atom. The maximum atomic E-state index is 14.5. The summed E-state index contributed by atoms with van der Waals surface area (Å²) in [5.74, 6) is -2.00. The van der Waals surface area contributed by atoms with Gasteiger partial charge < -0.3 is 19.5 Å². The van der Waals surface area contributed by atoms with Gasteiger partial charge in [-0.2, -0.15) is 0 Å². The Morgan fingerprint density at radius 3 is 2.26 bits per heavy atom. The van der Waals surface area contributed by atoms with E-state index >= 15 is 0 Å². The normalized spacial score (nSPS) is 18.6. The smallest absolute Gasteiger partial charge is 0.410 e. The van der Waals surface area contributed by atoms with E-state index < -0.39 is 11.5 Å². The molecule has 6 rings (SSSR count). The highest BCUT2D eigenvalue weighted by Gasteiger charge is 2.48. The molecule has 0 bridgehead atoms. The first-order valence-corrected chi connectivity index (χ1v) is 16.5. The van der Waals surface area contributed by atoms with Crippen molar-refractivity contribution in [3.8, 4) is 0 Å². The van der Waals surface area contributed by atoms with E-state index in [9.17, 15) is 18.4 Å². The molecule has 1 saturated heterocycles. The van der Waals surface area contributed by atoms with E-state index in [1.165, 1.54) is 0 Å². The van der Waals surface area contributed by atoms with E-state index in [0.717, 1.165) is 27.6 Å². The summed E-state index contributed by atoms with van der Waals surface area (Å²) in [6.45, 7) is 8.37. The number of nitrogens with zero attached hydrogens (tertiary/aromatic N) is 4. The highest BCUT2D eigenvalue weighted by atomic mass is 19.3. The SMILES string of the molecule is CC(C)n1c(=O)ccc2cnc(N[C@@H](C)c3ccc(C4(N5CCN(C(=O)OCc6ccccc6)CC5)CCC(F)(F)CC4)cc3)cc21. The number of alkyl halides is 2. The van der Waals surface area contributed by atoms with Gasteiger partial charge in [-0.15, -0.1) is 0 Å². The average molecular weight is 644 g/mol. The summed E-state index contributed by atoms with van der Waals surface area (Å²) in [5, 5.41) is 4.37. The number of carbonyl (C=O) groups is 1. The lowest BCUT2D eigenvalue weighted by molar-refractivity contribution is -0.0917. The van der Waals surface area contributed by atoms with Crippen LogP contribution in [-0.4, -0.2) is 57.5 Å². The van der Waals surface area contributed by atoms with Crippen molar-refractivity contribution < 1.29 is 18.3 Å². The number of carbonyl (C=O) groups excluding carboxylic acids is 1. The highest BCUT2D eigenvalue weighted by Crippen LogP contribution is 2.48. The van der Waals surface area contributed by atoms with Crippen molar-refractivity contribution in [1.82, 2.24) is 19.4 Å². The van der Waals surface area contributed by atoms with Crippen molar-refractivity contribution in [2.24, 2.45) is 0 Å². The number of benzene rings is 2. The Balaban J connectivity index is 1.16. The number of piperazine rings is 1. The molecule has 2 aromatic carbocycles. The van der Waals surface area contributed by atoms with Crippen LogP contribution < -0.4 is 10.9 Å². The van der Waals surface area contributed by atoms with Crippen molar-refractivity contribution >= 4 is 22.8 Å². The molecule has 2 aromatic heterocycles. The number of aromatic nitrogens is 2. The number of pyridine rings is 2. The topological polar surface area (TPSA) is 79.7 Å². The molecule has 2 fully saturated rings. The fourth-order valence-electron chi connectivity index (χ4n) is 7.10. The monoisotopic (exact) mass is 643 g/mol. The number of hydrogen-bond donors (Lipinski definition) is 1. The van der Waals surface area contributed by atoms with Gasteiger partial charge in [-0.3, -0.25) is 9.69 Å². The lowest BCUT2D eigenvalue weighted by atomic mass is 9.73. The van der Waals surface area contributed by atoms with Crippen LogP contribution in [0.25, 0.3) is 10.9 Å². The minimum absolute atomic E-state index is 0.00918. The van der Waals surface area contributed by atoms with E-state index in [1.807, 2.05) is 50.2 Å². The first-order chi connectivity index (χ1) is 22.5. The number of anilines is 1. The molecule has 0 spiro atoms. The van der Waals surface area contributed by atoms with Gasteiger partial charge in [-0.05, 0) is 56.4 Å². The molecule has 1 saturated carbocycles. The van der Waals surface area contributed by atoms with Crippen molar-refractivity contribution in [3.63, 3.8) is 0 Å². The van der Waals surface area contributed by atoms with Crippen molar-refractivity contribution in [2.45, 2.75) is 76.6 Å². The molecule has 8 nitrogen and oxygen atoms in total. The lowest BCUT2D eigenvalue weighted by Crippen LogP contribution is -2.58. The molecule has 1 aliphatic carbocycles. The molecule has 10 heteroatoms. The van der Waals surface area contributed by atoms with Crippen molar-refractivity contribution in [1.29, 1.82) is 0 Å². The predicted octanol–water partition coefficient (Wildman–Crippen LogP) is 7.51. The van der Waals surface area contributed by atoms with Crippen LogP contribution in [0.15, 0.2) is 83.8 Å². The molecule has 3 heterocycles. The lowest BCUT2D eigenvalue weighted by Gasteiger charge is -2.51. The summed E-state index contributed by atoms with van der Waals surface area (Å²) >= 11 is 0. The fourth-order valence-corrected chi connectivity index (χ4v) is 7.10. The van der Waals surface area contributed by atoms with Crippen molar-refractivity contribution in [3.05, 3.63) is 106 Å². The minimum Gasteiger partial charge on any atom is -0.445 e. The zero-order chi connectivity index (χ0) is 33.2. The Labute approximate surface area is 274 Å². The number of amides is 1. The Kier molecular flexibility index (Phi) is 9.32. The Bertz CT molecular complexity index is 1740. The fraction of sp³-hybridized carbons (Fsp3) is 0.432. The number of fused-ring (bicyclic) bond motifs is 1. The standard InChI is InChI=1S/C37H43F2N5O3/c1-26(2)44-32-23-33(40-24-30(32)11-14-34(44)45)41-27(3)29-9-12-31(13-10-29)36(15-17-37(38,39)18-16-36)43-21-19-42(20-22-43)35(46)47-25-28-7-5-4-6-8-28/h4-14,23-24,26-27H,15-22,25H2,1-3H3,(H,40,41)/t27-/m0/s1. The number of ether oxygens (including phenoxy) is 1. The molecule has 1 aliphatic heterocycles. The highest BCUT2D eigenvalue weighted by molar-refractivity contribution is 5.80. The number of nitrogens with one attached hydrogen (secondary N) is 1. The van der Waals surface area contributed by atoms with Gasteiger partial charge in [0, 0.05) is 80.4 Å². The van der Waals surface area contributed by atoms with E-state index in [2.05, 4.69) is 46.4 Å². The van der Waals surface area contributed by atoms with Gasteiger partial charge in [0.05, 0.1) is 5.52 Å². The second kappa shape index (κ2) is 13.4. The van der Waals surface area contributed by atoms with E-state index in [1.54, 1.807) is 27.8 Å². The first kappa shape index (κ1) is 32.6. The second-order valence-corrected chi connectivity index (χ2v) is 13.2. The van der Waals surface area contributed by atoms with Gasteiger partial charge >= 0.3 is 6.09 Å². The van der Waals surface area contributed by atoms with Crippen LogP contribution in [0.4, 0.5) is 19.4 Å². The van der Waals surface area contributed by atoms with Crippen LogP contribution in [0.2, 0.25) is 0 Å². The van der Waals surface area contributed by atoms with Crippen LogP contribution in [0.5, 0.6) is 0 Å². The zero-order valence-electron chi connectivity index (χ0n) is 27.3. The van der Waals surface area contributed by atoms with Gasteiger partial charge in [0.1, 0.15) is 12.4 Å². The van der Waals surface area contributed by atoms with Gasteiger partial charge in [0.15, 0.2) is 0 Å². The van der Waals surface area contributed by atoms with Crippen LogP contribution in [-0.2, 0) is 16.9 Å². The summed E-state index contributed by atoms with van der Waals surface area (Å²) < 4.78 is 36.3. The molecule has 0 radical (unpaired) electrons. The third kappa shape index (κ3) is 7.02. The third-order valence-corrected chi connectivity index (χ3v) is 9.80. The van der Waals surface area contributed by atoms with Gasteiger partial charge in [0.2, 0.25) is 5.92 Å². The number of rotatable bonds is 8. The quantitative estimate of drug-likeness (QED) is 0.214. The van der Waals surface area contributed by atoms with Crippen LogP contribution >= 0.6 is 0 Å². The molecule has 4 aromatic rings. The molecule has 0 unspecified atom stereocenters. The Morgan fingerprint density at radius 1 is 0.915 bits per heavy atom. The molecule has 47 heavy (non-hydrogen) atoms. The van der Waals surface area contributed by atoms with Crippen molar-refractivity contribution in [2.75, 3.05) is 31.5 Å². The number of hydrogen-bond acceptors (Lipinski definition) is 6. The Hall–Kier alpha value is -4.31. The molecule has 1 atom stereocenters. The average Bonchev–Trinajstić information content (AvgIpc) is 3.08. The summed E-state index contributed by atoms with van der Waals surface area (Å²) in [7, 11) is 0. The van der Waals surface area contributed by atoms with E-state index in [4.69, 9.17) is 4.74 Å². The van der Waals surface area contributed by atoms with Gasteiger partial charge in [-0.1, -0.05) is 54.6 Å².